The molecule has 3 aromatic carbocycles. The molecular weight excluding hydrogens is 437 g/mol. The molecule has 0 saturated carbocycles. The molecule has 4 rings (SSSR count). The average Bonchev–Trinajstić information content (AvgIpc) is 3.24. The Bertz CT molecular complexity index is 1220. The molecule has 1 heterocycles. The summed E-state index contributed by atoms with van der Waals surface area (Å²) in [4.78, 5) is 14.9. The Morgan fingerprint density at radius 3 is 2.27 bits per heavy atom. The van der Waals surface area contributed by atoms with Gasteiger partial charge in [0.15, 0.2) is 11.0 Å². The third kappa shape index (κ3) is 5.23. The zero-order valence-electron chi connectivity index (χ0n) is 18.6. The summed E-state index contributed by atoms with van der Waals surface area (Å²) >= 11 is 1.30. The van der Waals surface area contributed by atoms with E-state index in [1.807, 2.05) is 85.1 Å². The number of nitrogens with one attached hydrogen (secondary N) is 1. The van der Waals surface area contributed by atoms with Crippen molar-refractivity contribution in [3.63, 3.8) is 0 Å². The molecule has 0 fully saturated rings. The Kier molecular flexibility index (Phi) is 6.74. The summed E-state index contributed by atoms with van der Waals surface area (Å²) in [6, 6.07) is 23.4. The minimum atomic E-state index is -0.439. The second-order valence-corrected chi connectivity index (χ2v) is 8.98. The van der Waals surface area contributed by atoms with Gasteiger partial charge < -0.3 is 10.2 Å². The Labute approximate surface area is 196 Å². The van der Waals surface area contributed by atoms with Gasteiger partial charge in [-0.3, -0.25) is 9.36 Å². The molecule has 0 aliphatic heterocycles. The zero-order chi connectivity index (χ0) is 23.4. The molecule has 0 bridgehead atoms. The number of nitrogens with zero attached hydrogens (tertiary/aromatic N) is 4. The number of rotatable bonds is 7. The number of benzene rings is 3. The minimum absolute atomic E-state index is 0.146. The van der Waals surface area contributed by atoms with E-state index in [2.05, 4.69) is 15.5 Å². The topological polar surface area (TPSA) is 63.1 Å². The van der Waals surface area contributed by atoms with Crippen LogP contribution in [0.1, 0.15) is 6.92 Å². The number of anilines is 2. The van der Waals surface area contributed by atoms with Crippen LogP contribution in [-0.2, 0) is 4.79 Å². The first-order chi connectivity index (χ1) is 15.9. The fourth-order valence-electron chi connectivity index (χ4n) is 3.24. The van der Waals surface area contributed by atoms with Crippen LogP contribution in [0.2, 0.25) is 0 Å². The molecule has 0 saturated heterocycles. The Balaban J connectivity index is 1.58. The number of halogens is 1. The summed E-state index contributed by atoms with van der Waals surface area (Å²) in [6.45, 7) is 1.82. The summed E-state index contributed by atoms with van der Waals surface area (Å²) in [6.07, 6.45) is 0. The molecule has 1 amide bonds. The van der Waals surface area contributed by atoms with Crippen LogP contribution >= 0.6 is 11.8 Å². The summed E-state index contributed by atoms with van der Waals surface area (Å²) in [5, 5.41) is 11.8. The summed E-state index contributed by atoms with van der Waals surface area (Å²) in [5.41, 5.74) is 3.37. The standard InChI is InChI=1S/C25H24FN5OS/c1-17(24(32)27-20-11-15-21(16-12-20)30(2)3)33-25-29-28-23(18-7-5-4-6-8-18)31(25)22-13-9-19(26)10-14-22/h4-17H,1-3H3,(H,27,32). The van der Waals surface area contributed by atoms with Crippen molar-refractivity contribution in [3.8, 4) is 17.1 Å². The van der Waals surface area contributed by atoms with Gasteiger partial charge >= 0.3 is 0 Å². The van der Waals surface area contributed by atoms with Crippen molar-refractivity contribution in [3.05, 3.63) is 84.7 Å². The van der Waals surface area contributed by atoms with Gasteiger partial charge in [-0.1, -0.05) is 42.1 Å². The number of aromatic nitrogens is 3. The van der Waals surface area contributed by atoms with Crippen molar-refractivity contribution in [2.45, 2.75) is 17.3 Å². The first-order valence-electron chi connectivity index (χ1n) is 10.4. The van der Waals surface area contributed by atoms with Crippen LogP contribution in [0, 0.1) is 5.82 Å². The van der Waals surface area contributed by atoms with E-state index in [1.54, 1.807) is 12.1 Å². The van der Waals surface area contributed by atoms with E-state index in [4.69, 9.17) is 0 Å². The van der Waals surface area contributed by atoms with Gasteiger partial charge in [-0.2, -0.15) is 0 Å². The van der Waals surface area contributed by atoms with Gasteiger partial charge in [-0.15, -0.1) is 10.2 Å². The van der Waals surface area contributed by atoms with Crippen molar-refractivity contribution in [2.75, 3.05) is 24.3 Å². The van der Waals surface area contributed by atoms with Crippen LogP contribution in [0.3, 0.4) is 0 Å². The molecule has 0 aliphatic carbocycles. The first kappa shape index (κ1) is 22.5. The van der Waals surface area contributed by atoms with Crippen LogP contribution in [-0.4, -0.2) is 40.0 Å². The van der Waals surface area contributed by atoms with E-state index >= 15 is 0 Å². The summed E-state index contributed by atoms with van der Waals surface area (Å²) in [5.74, 6) is 0.152. The molecule has 4 aromatic rings. The predicted molar refractivity (Wildman–Crippen MR) is 131 cm³/mol. The molecule has 168 valence electrons. The normalized spacial score (nSPS) is 11.8. The van der Waals surface area contributed by atoms with Gasteiger partial charge in [0.05, 0.1) is 5.25 Å². The number of hydrogen-bond acceptors (Lipinski definition) is 5. The molecule has 1 unspecified atom stereocenters. The van der Waals surface area contributed by atoms with Gasteiger partial charge in [0.25, 0.3) is 0 Å². The van der Waals surface area contributed by atoms with E-state index in [9.17, 15) is 9.18 Å². The SMILES string of the molecule is CC(Sc1nnc(-c2ccccc2)n1-c1ccc(F)cc1)C(=O)Nc1ccc(N(C)C)cc1. The van der Waals surface area contributed by atoms with Crippen LogP contribution in [0.25, 0.3) is 17.1 Å². The predicted octanol–water partition coefficient (Wildman–Crippen LogP) is 5.26. The number of thioether (sulfide) groups is 1. The Hall–Kier alpha value is -3.65. The highest BCUT2D eigenvalue weighted by atomic mass is 32.2. The smallest absolute Gasteiger partial charge is 0.237 e. The van der Waals surface area contributed by atoms with Gasteiger partial charge in [-0.05, 0) is 55.5 Å². The van der Waals surface area contributed by atoms with E-state index in [-0.39, 0.29) is 11.7 Å². The zero-order valence-corrected chi connectivity index (χ0v) is 19.4. The molecule has 0 aliphatic rings. The van der Waals surface area contributed by atoms with Gasteiger partial charge in [0.2, 0.25) is 5.91 Å². The summed E-state index contributed by atoms with van der Waals surface area (Å²) in [7, 11) is 3.93. The first-order valence-corrected chi connectivity index (χ1v) is 11.3. The van der Waals surface area contributed by atoms with E-state index in [0.29, 0.717) is 11.0 Å². The number of carbonyl (C=O) groups excluding carboxylic acids is 1. The molecule has 6 nitrogen and oxygen atoms in total. The molecule has 8 heteroatoms. The Morgan fingerprint density at radius 1 is 0.970 bits per heavy atom. The molecule has 0 radical (unpaired) electrons. The maximum atomic E-state index is 13.5. The lowest BCUT2D eigenvalue weighted by Gasteiger charge is -2.15. The highest BCUT2D eigenvalue weighted by Gasteiger charge is 2.22. The minimum Gasteiger partial charge on any atom is -0.378 e. The van der Waals surface area contributed by atoms with Gasteiger partial charge in [0, 0.05) is 36.7 Å². The lowest BCUT2D eigenvalue weighted by Crippen LogP contribution is -2.23. The van der Waals surface area contributed by atoms with Gasteiger partial charge in [0.1, 0.15) is 5.82 Å². The van der Waals surface area contributed by atoms with E-state index < -0.39 is 5.25 Å². The van der Waals surface area contributed by atoms with E-state index in [0.717, 1.165) is 22.6 Å². The number of carbonyl (C=O) groups is 1. The number of amides is 1. The maximum absolute atomic E-state index is 13.5. The second-order valence-electron chi connectivity index (χ2n) is 7.67. The van der Waals surface area contributed by atoms with Crippen molar-refractivity contribution in [1.82, 2.24) is 14.8 Å². The van der Waals surface area contributed by atoms with Crippen molar-refractivity contribution < 1.29 is 9.18 Å². The van der Waals surface area contributed by atoms with Crippen LogP contribution in [0.4, 0.5) is 15.8 Å². The largest absolute Gasteiger partial charge is 0.378 e. The molecule has 33 heavy (non-hydrogen) atoms. The quantitative estimate of drug-likeness (QED) is 0.381. The lowest BCUT2D eigenvalue weighted by atomic mass is 10.2. The van der Waals surface area contributed by atoms with Crippen molar-refractivity contribution >= 4 is 29.0 Å². The Morgan fingerprint density at radius 2 is 1.64 bits per heavy atom. The van der Waals surface area contributed by atoms with Crippen LogP contribution < -0.4 is 10.2 Å². The molecule has 0 spiro atoms. The third-order valence-electron chi connectivity index (χ3n) is 5.05. The van der Waals surface area contributed by atoms with Crippen molar-refractivity contribution in [1.29, 1.82) is 0 Å². The highest BCUT2D eigenvalue weighted by molar-refractivity contribution is 8.00. The fraction of sp³-hybridized carbons (Fsp3) is 0.160. The molecular formula is C25H24FN5OS. The molecule has 1 aromatic heterocycles. The second kappa shape index (κ2) is 9.87. The van der Waals surface area contributed by atoms with Gasteiger partial charge in [-0.25, -0.2) is 4.39 Å². The lowest BCUT2D eigenvalue weighted by molar-refractivity contribution is -0.115. The van der Waals surface area contributed by atoms with Crippen LogP contribution in [0.5, 0.6) is 0 Å². The maximum Gasteiger partial charge on any atom is 0.237 e. The van der Waals surface area contributed by atoms with Crippen molar-refractivity contribution in [2.24, 2.45) is 0 Å². The highest BCUT2D eigenvalue weighted by Crippen LogP contribution is 2.30. The average molecular weight is 462 g/mol. The number of hydrogen-bond donors (Lipinski definition) is 1. The third-order valence-corrected chi connectivity index (χ3v) is 6.10. The monoisotopic (exact) mass is 461 g/mol. The van der Waals surface area contributed by atoms with Crippen LogP contribution in [0.15, 0.2) is 84.0 Å². The molecule has 1 atom stereocenters. The fourth-order valence-corrected chi connectivity index (χ4v) is 4.11. The molecule has 1 N–H and O–H groups in total. The summed E-state index contributed by atoms with van der Waals surface area (Å²) < 4.78 is 15.4. The van der Waals surface area contributed by atoms with E-state index in [1.165, 1.54) is 23.9 Å².